The molecule has 1 aliphatic rings. The van der Waals surface area contributed by atoms with Gasteiger partial charge in [0.05, 0.1) is 13.2 Å². The van der Waals surface area contributed by atoms with Crippen molar-refractivity contribution in [2.24, 2.45) is 0 Å². The standard InChI is InChI=1S/C15H20O3/c1-12-11-13(5-4-9-16)7-8-14(12)18-15-6-2-3-10-17-15/h4-5,7-8,11,15-16H,2-3,6,9-10H2,1H3. The molecule has 1 unspecified atom stereocenters. The summed E-state index contributed by atoms with van der Waals surface area (Å²) >= 11 is 0. The van der Waals surface area contributed by atoms with Gasteiger partial charge in [0.25, 0.3) is 0 Å². The first-order valence-corrected chi connectivity index (χ1v) is 6.46. The Morgan fingerprint density at radius 2 is 2.33 bits per heavy atom. The minimum absolute atomic E-state index is 0.0627. The van der Waals surface area contributed by atoms with Crippen LogP contribution in [0.2, 0.25) is 0 Å². The molecule has 1 fully saturated rings. The molecule has 0 radical (unpaired) electrons. The minimum atomic E-state index is -0.101. The number of aryl methyl sites for hydroxylation is 1. The van der Waals surface area contributed by atoms with E-state index in [2.05, 4.69) is 0 Å². The van der Waals surface area contributed by atoms with Crippen molar-refractivity contribution < 1.29 is 14.6 Å². The number of ether oxygens (including phenoxy) is 2. The highest BCUT2D eigenvalue weighted by Gasteiger charge is 2.15. The van der Waals surface area contributed by atoms with Crippen molar-refractivity contribution in [2.75, 3.05) is 13.2 Å². The lowest BCUT2D eigenvalue weighted by molar-refractivity contribution is -0.106. The average Bonchev–Trinajstić information content (AvgIpc) is 2.40. The Kier molecular flexibility index (Phi) is 4.79. The van der Waals surface area contributed by atoms with Crippen molar-refractivity contribution in [3.05, 3.63) is 35.4 Å². The molecule has 1 aliphatic heterocycles. The number of benzene rings is 1. The number of aliphatic hydroxyl groups is 1. The van der Waals surface area contributed by atoms with Crippen LogP contribution in [0, 0.1) is 6.92 Å². The predicted octanol–water partition coefficient (Wildman–Crippen LogP) is 2.91. The number of hydrogen-bond acceptors (Lipinski definition) is 3. The van der Waals surface area contributed by atoms with E-state index in [1.54, 1.807) is 6.08 Å². The third kappa shape index (κ3) is 3.59. The van der Waals surface area contributed by atoms with Crippen LogP contribution < -0.4 is 4.74 Å². The van der Waals surface area contributed by atoms with E-state index in [4.69, 9.17) is 14.6 Å². The molecule has 0 spiro atoms. The third-order valence-corrected chi connectivity index (χ3v) is 3.01. The Morgan fingerprint density at radius 1 is 1.44 bits per heavy atom. The minimum Gasteiger partial charge on any atom is -0.465 e. The van der Waals surface area contributed by atoms with E-state index < -0.39 is 0 Å². The van der Waals surface area contributed by atoms with E-state index in [1.165, 1.54) is 6.42 Å². The third-order valence-electron chi connectivity index (χ3n) is 3.01. The van der Waals surface area contributed by atoms with Crippen molar-refractivity contribution in [3.63, 3.8) is 0 Å². The summed E-state index contributed by atoms with van der Waals surface area (Å²) in [6, 6.07) is 5.99. The van der Waals surface area contributed by atoms with Crippen molar-refractivity contribution in [1.29, 1.82) is 0 Å². The summed E-state index contributed by atoms with van der Waals surface area (Å²) in [6.45, 7) is 2.88. The maximum Gasteiger partial charge on any atom is 0.199 e. The van der Waals surface area contributed by atoms with Gasteiger partial charge in [-0.25, -0.2) is 0 Å². The van der Waals surface area contributed by atoms with Crippen LogP contribution in [0.25, 0.3) is 6.08 Å². The first kappa shape index (κ1) is 13.1. The normalized spacial score (nSPS) is 20.2. The maximum absolute atomic E-state index is 8.74. The molecule has 98 valence electrons. The fourth-order valence-electron chi connectivity index (χ4n) is 2.04. The summed E-state index contributed by atoms with van der Waals surface area (Å²) in [5, 5.41) is 8.74. The number of aliphatic hydroxyl groups excluding tert-OH is 1. The largest absolute Gasteiger partial charge is 0.465 e. The topological polar surface area (TPSA) is 38.7 Å². The van der Waals surface area contributed by atoms with E-state index >= 15 is 0 Å². The molecule has 1 aromatic carbocycles. The smallest absolute Gasteiger partial charge is 0.199 e. The summed E-state index contributed by atoms with van der Waals surface area (Å²) in [5.41, 5.74) is 2.16. The SMILES string of the molecule is Cc1cc(C=CCO)ccc1OC1CCCCO1. The quantitative estimate of drug-likeness (QED) is 0.890. The first-order chi connectivity index (χ1) is 8.79. The second kappa shape index (κ2) is 6.57. The molecule has 3 heteroatoms. The fourth-order valence-corrected chi connectivity index (χ4v) is 2.04. The molecular weight excluding hydrogens is 228 g/mol. The zero-order valence-corrected chi connectivity index (χ0v) is 10.8. The van der Waals surface area contributed by atoms with Gasteiger partial charge in [-0.3, -0.25) is 0 Å². The van der Waals surface area contributed by atoms with Gasteiger partial charge < -0.3 is 14.6 Å². The summed E-state index contributed by atoms with van der Waals surface area (Å²) in [5.74, 6) is 0.878. The maximum atomic E-state index is 8.74. The van der Waals surface area contributed by atoms with E-state index in [9.17, 15) is 0 Å². The van der Waals surface area contributed by atoms with Crippen LogP contribution in [0.15, 0.2) is 24.3 Å². The predicted molar refractivity (Wildman–Crippen MR) is 71.5 cm³/mol. The second-order valence-corrected chi connectivity index (χ2v) is 4.52. The average molecular weight is 248 g/mol. The first-order valence-electron chi connectivity index (χ1n) is 6.46. The van der Waals surface area contributed by atoms with E-state index in [0.29, 0.717) is 0 Å². The summed E-state index contributed by atoms with van der Waals surface area (Å²) in [6.07, 6.45) is 6.78. The summed E-state index contributed by atoms with van der Waals surface area (Å²) in [4.78, 5) is 0. The molecule has 0 aliphatic carbocycles. The van der Waals surface area contributed by atoms with E-state index in [0.717, 1.165) is 36.3 Å². The molecule has 3 nitrogen and oxygen atoms in total. The van der Waals surface area contributed by atoms with Gasteiger partial charge >= 0.3 is 0 Å². The van der Waals surface area contributed by atoms with Crippen LogP contribution in [0.1, 0.15) is 30.4 Å². The van der Waals surface area contributed by atoms with Gasteiger partial charge in [-0.2, -0.15) is 0 Å². The fraction of sp³-hybridized carbons (Fsp3) is 0.467. The number of hydrogen-bond donors (Lipinski definition) is 1. The zero-order valence-electron chi connectivity index (χ0n) is 10.8. The molecule has 0 bridgehead atoms. The zero-order chi connectivity index (χ0) is 12.8. The van der Waals surface area contributed by atoms with E-state index in [-0.39, 0.29) is 12.9 Å². The van der Waals surface area contributed by atoms with Crippen molar-refractivity contribution in [2.45, 2.75) is 32.5 Å². The lowest BCUT2D eigenvalue weighted by Crippen LogP contribution is -2.25. The van der Waals surface area contributed by atoms with Gasteiger partial charge in [0, 0.05) is 6.42 Å². The Bertz CT molecular complexity index is 406. The van der Waals surface area contributed by atoms with Crippen LogP contribution >= 0.6 is 0 Å². The van der Waals surface area contributed by atoms with Gasteiger partial charge in [-0.05, 0) is 43.0 Å². The molecule has 1 heterocycles. The Hall–Kier alpha value is -1.32. The highest BCUT2D eigenvalue weighted by Crippen LogP contribution is 2.24. The van der Waals surface area contributed by atoms with Crippen LogP contribution in [0.3, 0.4) is 0 Å². The van der Waals surface area contributed by atoms with Gasteiger partial charge in [0.15, 0.2) is 6.29 Å². The Balaban J connectivity index is 2.02. The molecule has 1 N–H and O–H groups in total. The molecule has 1 atom stereocenters. The van der Waals surface area contributed by atoms with E-state index in [1.807, 2.05) is 31.2 Å². The molecule has 0 aromatic heterocycles. The van der Waals surface area contributed by atoms with Gasteiger partial charge in [-0.15, -0.1) is 0 Å². The lowest BCUT2D eigenvalue weighted by Gasteiger charge is -2.24. The van der Waals surface area contributed by atoms with Crippen LogP contribution in [-0.4, -0.2) is 24.6 Å². The van der Waals surface area contributed by atoms with Gasteiger partial charge in [0.2, 0.25) is 0 Å². The highest BCUT2D eigenvalue weighted by atomic mass is 16.7. The molecular formula is C15H20O3. The van der Waals surface area contributed by atoms with Gasteiger partial charge in [-0.1, -0.05) is 18.2 Å². The van der Waals surface area contributed by atoms with Crippen LogP contribution in [0.5, 0.6) is 5.75 Å². The lowest BCUT2D eigenvalue weighted by atomic mass is 10.1. The Morgan fingerprint density at radius 3 is 3.00 bits per heavy atom. The summed E-state index contributed by atoms with van der Waals surface area (Å²) in [7, 11) is 0. The molecule has 18 heavy (non-hydrogen) atoms. The molecule has 0 amide bonds. The monoisotopic (exact) mass is 248 g/mol. The highest BCUT2D eigenvalue weighted by molar-refractivity contribution is 5.53. The van der Waals surface area contributed by atoms with Crippen LogP contribution in [-0.2, 0) is 4.74 Å². The molecule has 1 aromatic rings. The molecule has 0 saturated carbocycles. The molecule has 1 saturated heterocycles. The molecule has 2 rings (SSSR count). The Labute approximate surface area is 108 Å². The van der Waals surface area contributed by atoms with Gasteiger partial charge in [0.1, 0.15) is 5.75 Å². The van der Waals surface area contributed by atoms with Crippen molar-refractivity contribution >= 4 is 6.08 Å². The summed E-state index contributed by atoms with van der Waals surface area (Å²) < 4.78 is 11.4. The van der Waals surface area contributed by atoms with Crippen molar-refractivity contribution in [3.8, 4) is 5.75 Å². The van der Waals surface area contributed by atoms with Crippen molar-refractivity contribution in [1.82, 2.24) is 0 Å². The number of rotatable bonds is 4. The van der Waals surface area contributed by atoms with Crippen LogP contribution in [0.4, 0.5) is 0 Å². The second-order valence-electron chi connectivity index (χ2n) is 4.52.